The van der Waals surface area contributed by atoms with Gasteiger partial charge in [0.2, 0.25) is 0 Å². The summed E-state index contributed by atoms with van der Waals surface area (Å²) < 4.78 is 5.97. The topological polar surface area (TPSA) is 35.2 Å². The van der Waals surface area contributed by atoms with E-state index in [1.54, 1.807) is 0 Å². The van der Waals surface area contributed by atoms with Crippen molar-refractivity contribution in [1.82, 2.24) is 0 Å². The van der Waals surface area contributed by atoms with E-state index in [4.69, 9.17) is 10.5 Å². The molecule has 2 unspecified atom stereocenters. The highest BCUT2D eigenvalue weighted by molar-refractivity contribution is 5.45. The normalized spacial score (nSPS) is 14.2. The third-order valence-corrected chi connectivity index (χ3v) is 3.48. The predicted octanol–water partition coefficient (Wildman–Crippen LogP) is 4.32. The van der Waals surface area contributed by atoms with Gasteiger partial charge in [0.25, 0.3) is 0 Å². The maximum atomic E-state index is 5.97. The quantitative estimate of drug-likeness (QED) is 0.795. The molecule has 2 nitrogen and oxygen atoms in total. The van der Waals surface area contributed by atoms with Gasteiger partial charge in [-0.25, -0.2) is 0 Å². The average molecular weight is 263 g/mol. The third-order valence-electron chi connectivity index (χ3n) is 3.48. The van der Waals surface area contributed by atoms with Crippen molar-refractivity contribution >= 4 is 0 Å². The molecule has 0 saturated carbocycles. The first-order valence-corrected chi connectivity index (χ1v) is 7.45. The largest absolute Gasteiger partial charge is 0.493 e. The fourth-order valence-electron chi connectivity index (χ4n) is 2.42. The van der Waals surface area contributed by atoms with Crippen LogP contribution >= 0.6 is 0 Å². The van der Waals surface area contributed by atoms with Gasteiger partial charge in [-0.3, -0.25) is 0 Å². The van der Waals surface area contributed by atoms with Crippen molar-refractivity contribution in [2.45, 2.75) is 65.8 Å². The van der Waals surface area contributed by atoms with Crippen LogP contribution in [0.5, 0.6) is 5.75 Å². The average Bonchev–Trinajstić information content (AvgIpc) is 2.34. The van der Waals surface area contributed by atoms with Crippen LogP contribution in [0, 0.1) is 13.8 Å². The highest BCUT2D eigenvalue weighted by atomic mass is 16.5. The van der Waals surface area contributed by atoms with E-state index in [9.17, 15) is 0 Å². The molecule has 0 aromatic heterocycles. The van der Waals surface area contributed by atoms with Gasteiger partial charge < -0.3 is 10.5 Å². The molecule has 0 aliphatic carbocycles. The molecular formula is C17H29NO. The molecule has 0 aliphatic heterocycles. The summed E-state index contributed by atoms with van der Waals surface area (Å²) in [7, 11) is 0. The van der Waals surface area contributed by atoms with Crippen molar-refractivity contribution in [3.05, 3.63) is 28.8 Å². The van der Waals surface area contributed by atoms with Crippen LogP contribution in [0.3, 0.4) is 0 Å². The van der Waals surface area contributed by atoms with Crippen LogP contribution in [0.15, 0.2) is 12.1 Å². The fourth-order valence-corrected chi connectivity index (χ4v) is 2.42. The zero-order valence-electron chi connectivity index (χ0n) is 13.1. The zero-order chi connectivity index (χ0) is 14.4. The van der Waals surface area contributed by atoms with Crippen LogP contribution in [0.4, 0.5) is 0 Å². The second-order valence-corrected chi connectivity index (χ2v) is 5.80. The molecule has 0 heterocycles. The van der Waals surface area contributed by atoms with Crippen LogP contribution in [0.2, 0.25) is 0 Å². The minimum Gasteiger partial charge on any atom is -0.493 e. The number of rotatable bonds is 7. The van der Waals surface area contributed by atoms with Crippen molar-refractivity contribution in [1.29, 1.82) is 0 Å². The predicted molar refractivity (Wildman–Crippen MR) is 83.0 cm³/mol. The van der Waals surface area contributed by atoms with Crippen LogP contribution < -0.4 is 10.5 Å². The lowest BCUT2D eigenvalue weighted by atomic mass is 9.91. The van der Waals surface area contributed by atoms with Gasteiger partial charge >= 0.3 is 0 Å². The fraction of sp³-hybridized carbons (Fsp3) is 0.647. The molecule has 2 N–H and O–H groups in total. The van der Waals surface area contributed by atoms with Crippen molar-refractivity contribution in [2.24, 2.45) is 5.73 Å². The molecule has 0 saturated heterocycles. The molecular weight excluding hydrogens is 234 g/mol. The van der Waals surface area contributed by atoms with Gasteiger partial charge in [-0.15, -0.1) is 0 Å². The van der Waals surface area contributed by atoms with Gasteiger partial charge in [0.1, 0.15) is 5.75 Å². The Balaban J connectivity index is 2.95. The monoisotopic (exact) mass is 263 g/mol. The molecule has 0 amide bonds. The Kier molecular flexibility index (Phi) is 6.36. The summed E-state index contributed by atoms with van der Waals surface area (Å²) >= 11 is 0. The van der Waals surface area contributed by atoms with Gasteiger partial charge in [0.05, 0.1) is 6.61 Å². The van der Waals surface area contributed by atoms with E-state index in [0.717, 1.165) is 31.6 Å². The van der Waals surface area contributed by atoms with E-state index in [1.807, 2.05) is 0 Å². The zero-order valence-corrected chi connectivity index (χ0v) is 13.1. The lowest BCUT2D eigenvalue weighted by molar-refractivity contribution is 0.309. The molecule has 1 aromatic rings. The van der Waals surface area contributed by atoms with Crippen LogP contribution in [0.25, 0.3) is 0 Å². The smallest absolute Gasteiger partial charge is 0.125 e. The van der Waals surface area contributed by atoms with Gasteiger partial charge in [0.15, 0.2) is 0 Å². The summed E-state index contributed by atoms with van der Waals surface area (Å²) in [5.41, 5.74) is 9.76. The molecule has 2 atom stereocenters. The first-order valence-electron chi connectivity index (χ1n) is 7.45. The molecule has 0 bridgehead atoms. The molecule has 0 spiro atoms. The third kappa shape index (κ3) is 4.87. The summed E-state index contributed by atoms with van der Waals surface area (Å²) in [5.74, 6) is 1.58. The Morgan fingerprint density at radius 3 is 2.42 bits per heavy atom. The van der Waals surface area contributed by atoms with Crippen molar-refractivity contribution in [3.8, 4) is 5.75 Å². The maximum Gasteiger partial charge on any atom is 0.125 e. The van der Waals surface area contributed by atoms with E-state index in [1.165, 1.54) is 16.7 Å². The summed E-state index contributed by atoms with van der Waals surface area (Å²) in [6.07, 6.45) is 3.21. The number of aryl methyl sites for hydroxylation is 2. The van der Waals surface area contributed by atoms with E-state index in [2.05, 4.69) is 46.8 Å². The number of nitrogens with two attached hydrogens (primary N) is 1. The van der Waals surface area contributed by atoms with Crippen LogP contribution in [-0.2, 0) is 0 Å². The van der Waals surface area contributed by atoms with Crippen LogP contribution in [-0.4, -0.2) is 12.6 Å². The minimum absolute atomic E-state index is 0.272. The lowest BCUT2D eigenvalue weighted by Crippen LogP contribution is -2.15. The Labute approximate surface area is 118 Å². The van der Waals surface area contributed by atoms with Crippen molar-refractivity contribution < 1.29 is 4.74 Å². The summed E-state index contributed by atoms with van der Waals surface area (Å²) in [4.78, 5) is 0. The Morgan fingerprint density at radius 2 is 1.84 bits per heavy atom. The Bertz CT molecular complexity index is 398. The number of ether oxygens (including phenoxy) is 1. The van der Waals surface area contributed by atoms with Gasteiger partial charge in [-0.05, 0) is 57.1 Å². The minimum atomic E-state index is 0.272. The summed E-state index contributed by atoms with van der Waals surface area (Å²) in [6.45, 7) is 11.6. The molecule has 0 aliphatic rings. The van der Waals surface area contributed by atoms with E-state index >= 15 is 0 Å². The molecule has 108 valence electrons. The molecule has 1 aromatic carbocycles. The number of hydrogen-bond donors (Lipinski definition) is 1. The van der Waals surface area contributed by atoms with Gasteiger partial charge in [-0.2, -0.15) is 0 Å². The molecule has 2 heteroatoms. The second-order valence-electron chi connectivity index (χ2n) is 5.80. The number of hydrogen-bond acceptors (Lipinski definition) is 2. The van der Waals surface area contributed by atoms with E-state index in [0.29, 0.717) is 5.92 Å². The highest BCUT2D eigenvalue weighted by Gasteiger charge is 2.15. The summed E-state index contributed by atoms with van der Waals surface area (Å²) in [5, 5.41) is 0. The van der Waals surface area contributed by atoms with E-state index in [-0.39, 0.29) is 6.04 Å². The lowest BCUT2D eigenvalue weighted by Gasteiger charge is -2.20. The second kappa shape index (κ2) is 7.54. The van der Waals surface area contributed by atoms with Crippen molar-refractivity contribution in [3.63, 3.8) is 0 Å². The Morgan fingerprint density at radius 1 is 1.16 bits per heavy atom. The molecule has 0 fully saturated rings. The highest BCUT2D eigenvalue weighted by Crippen LogP contribution is 2.34. The first-order chi connectivity index (χ1) is 8.95. The molecule has 1 rings (SSSR count). The molecule has 19 heavy (non-hydrogen) atoms. The van der Waals surface area contributed by atoms with Crippen LogP contribution in [0.1, 0.15) is 62.6 Å². The van der Waals surface area contributed by atoms with Gasteiger partial charge in [0, 0.05) is 6.04 Å². The molecule has 0 radical (unpaired) electrons. The SMILES string of the molecule is CCCOc1c(C)cc(C)cc1C(C)CCC(C)N. The van der Waals surface area contributed by atoms with E-state index < -0.39 is 0 Å². The number of benzene rings is 1. The standard InChI is InChI=1S/C17H29NO/c1-6-9-19-17-14(4)10-12(2)11-16(17)13(3)7-8-15(5)18/h10-11,13,15H,6-9,18H2,1-5H3. The van der Waals surface area contributed by atoms with Gasteiger partial charge in [-0.1, -0.05) is 31.5 Å². The summed E-state index contributed by atoms with van der Waals surface area (Å²) in [6, 6.07) is 4.74. The van der Waals surface area contributed by atoms with Crippen molar-refractivity contribution in [2.75, 3.05) is 6.61 Å². The first kappa shape index (κ1) is 16.0. The maximum absolute atomic E-state index is 5.97. The Hall–Kier alpha value is -1.02.